The number of carboxylic acid groups (broad SMARTS) is 1. The van der Waals surface area contributed by atoms with Crippen LogP contribution in [0.5, 0.6) is 11.5 Å². The lowest BCUT2D eigenvalue weighted by molar-refractivity contribution is -0.274. The Hall–Kier alpha value is -3.01. The Morgan fingerprint density at radius 1 is 1.06 bits per heavy atom. The van der Waals surface area contributed by atoms with Crippen molar-refractivity contribution in [2.24, 2.45) is 0 Å². The Balaban J connectivity index is 2.07. The van der Waals surface area contributed by atoms with Crippen LogP contribution < -0.4 is 10.3 Å². The third-order valence-corrected chi connectivity index (χ3v) is 6.10. The zero-order chi connectivity index (χ0) is 25.4. The second kappa shape index (κ2) is 9.32. The highest BCUT2D eigenvalue weighted by Crippen LogP contribution is 2.50. The van der Waals surface area contributed by atoms with E-state index >= 15 is 0 Å². The van der Waals surface area contributed by atoms with Crippen molar-refractivity contribution < 1.29 is 32.9 Å². The summed E-state index contributed by atoms with van der Waals surface area (Å²) in [6.45, 7) is 2.46. The topological polar surface area (TPSA) is 99.6 Å². The number of carboxylic acids is 1. The van der Waals surface area contributed by atoms with Crippen LogP contribution in [-0.2, 0) is 5.60 Å². The van der Waals surface area contributed by atoms with E-state index in [1.165, 1.54) is 37.3 Å². The quantitative estimate of drug-likeness (QED) is 0.372. The number of benzene rings is 2. The molecule has 34 heavy (non-hydrogen) atoms. The molecule has 2 atom stereocenters. The summed E-state index contributed by atoms with van der Waals surface area (Å²) in [6, 6.07) is 8.73. The maximum Gasteiger partial charge on any atom is 0.422 e. The third kappa shape index (κ3) is 4.77. The van der Waals surface area contributed by atoms with Gasteiger partial charge in [-0.2, -0.15) is 13.2 Å². The standard InChI is InChI=1S/C23H18Cl2F3NO5/c1-11-7-13(10-29-20(11)30)22(33,23(26,27)28)12(2)16-8-14(3-5-18(16)24)34-15-4-6-19(25)17(9-15)21(31)32/h3-10,12,33H,1-2H3,(H,29,30)(H,31,32). The molecule has 0 spiro atoms. The van der Waals surface area contributed by atoms with Gasteiger partial charge in [-0.05, 0) is 55.0 Å². The minimum Gasteiger partial charge on any atom is -0.478 e. The van der Waals surface area contributed by atoms with Crippen LogP contribution in [0.2, 0.25) is 10.0 Å². The fourth-order valence-electron chi connectivity index (χ4n) is 3.49. The molecule has 6 nitrogen and oxygen atoms in total. The Bertz CT molecular complexity index is 1310. The first kappa shape index (κ1) is 25.6. The molecule has 1 aromatic heterocycles. The van der Waals surface area contributed by atoms with Gasteiger partial charge in [0.25, 0.3) is 5.56 Å². The molecular weight excluding hydrogens is 498 g/mol. The number of hydrogen-bond donors (Lipinski definition) is 3. The molecular formula is C23H18Cl2F3NO5. The van der Waals surface area contributed by atoms with Crippen molar-refractivity contribution in [3.8, 4) is 11.5 Å². The lowest BCUT2D eigenvalue weighted by Crippen LogP contribution is -2.47. The molecule has 0 saturated heterocycles. The van der Waals surface area contributed by atoms with Gasteiger partial charge in [-0.1, -0.05) is 30.1 Å². The Labute approximate surface area is 201 Å². The average molecular weight is 516 g/mol. The monoisotopic (exact) mass is 515 g/mol. The minimum absolute atomic E-state index is 0.00692. The summed E-state index contributed by atoms with van der Waals surface area (Å²) in [5.74, 6) is -2.79. The average Bonchev–Trinajstić information content (AvgIpc) is 2.76. The van der Waals surface area contributed by atoms with Crippen LogP contribution in [0.3, 0.4) is 0 Å². The zero-order valence-corrected chi connectivity index (χ0v) is 19.2. The highest BCUT2D eigenvalue weighted by molar-refractivity contribution is 6.33. The van der Waals surface area contributed by atoms with Gasteiger partial charge < -0.3 is 19.9 Å². The molecule has 0 fully saturated rings. The first-order valence-corrected chi connectivity index (χ1v) is 10.5. The number of halogens is 5. The third-order valence-electron chi connectivity index (χ3n) is 5.43. The molecule has 3 rings (SSSR count). The van der Waals surface area contributed by atoms with Gasteiger partial charge in [0.2, 0.25) is 0 Å². The van der Waals surface area contributed by atoms with Crippen LogP contribution in [0.15, 0.2) is 53.5 Å². The molecule has 2 unspecified atom stereocenters. The van der Waals surface area contributed by atoms with Gasteiger partial charge in [0.1, 0.15) is 11.5 Å². The van der Waals surface area contributed by atoms with Crippen molar-refractivity contribution in [3.63, 3.8) is 0 Å². The number of hydrogen-bond acceptors (Lipinski definition) is 4. The SMILES string of the molecule is Cc1cc(C(O)(C(C)c2cc(Oc3ccc(Cl)c(C(=O)O)c3)ccc2Cl)C(F)(F)F)c[nH]c1=O. The molecule has 0 bridgehead atoms. The lowest BCUT2D eigenvalue weighted by Gasteiger charge is -2.37. The van der Waals surface area contributed by atoms with Crippen LogP contribution in [0, 0.1) is 6.92 Å². The van der Waals surface area contributed by atoms with Crippen molar-refractivity contribution in [3.05, 3.63) is 91.3 Å². The van der Waals surface area contributed by atoms with Gasteiger partial charge in [-0.3, -0.25) is 4.79 Å². The summed E-state index contributed by atoms with van der Waals surface area (Å²) in [4.78, 5) is 25.1. The van der Waals surface area contributed by atoms with E-state index in [0.717, 1.165) is 25.3 Å². The second-order valence-electron chi connectivity index (χ2n) is 7.62. The van der Waals surface area contributed by atoms with Gasteiger partial charge in [-0.15, -0.1) is 0 Å². The molecule has 0 radical (unpaired) electrons. The first-order chi connectivity index (χ1) is 15.8. The van der Waals surface area contributed by atoms with Gasteiger partial charge >= 0.3 is 12.1 Å². The summed E-state index contributed by atoms with van der Waals surface area (Å²) in [7, 11) is 0. The number of ether oxygens (including phenoxy) is 1. The van der Waals surface area contributed by atoms with E-state index in [1.807, 2.05) is 0 Å². The van der Waals surface area contributed by atoms with Crippen LogP contribution in [0.25, 0.3) is 0 Å². The molecule has 3 aromatic rings. The van der Waals surface area contributed by atoms with E-state index < -0.39 is 34.8 Å². The number of rotatable bonds is 6. The van der Waals surface area contributed by atoms with Gasteiger partial charge in [0, 0.05) is 28.3 Å². The van der Waals surface area contributed by atoms with Crippen molar-refractivity contribution in [2.45, 2.75) is 31.5 Å². The van der Waals surface area contributed by atoms with Gasteiger partial charge in [-0.25, -0.2) is 4.79 Å². The Morgan fingerprint density at radius 3 is 2.21 bits per heavy atom. The molecule has 180 valence electrons. The number of aromatic nitrogens is 1. The van der Waals surface area contributed by atoms with Crippen molar-refractivity contribution in [1.82, 2.24) is 4.98 Å². The number of aryl methyl sites for hydroxylation is 1. The zero-order valence-electron chi connectivity index (χ0n) is 17.7. The second-order valence-corrected chi connectivity index (χ2v) is 8.43. The highest BCUT2D eigenvalue weighted by Gasteiger charge is 2.59. The van der Waals surface area contributed by atoms with Crippen molar-refractivity contribution in [1.29, 1.82) is 0 Å². The van der Waals surface area contributed by atoms with E-state index in [9.17, 15) is 33.0 Å². The van der Waals surface area contributed by atoms with Crippen LogP contribution in [0.1, 0.15) is 39.9 Å². The number of aliphatic hydroxyl groups is 1. The Morgan fingerprint density at radius 2 is 1.65 bits per heavy atom. The number of carbonyl (C=O) groups is 1. The molecule has 2 aromatic carbocycles. The first-order valence-electron chi connectivity index (χ1n) is 9.74. The summed E-state index contributed by atoms with van der Waals surface area (Å²) in [5, 5.41) is 20.1. The van der Waals surface area contributed by atoms with Crippen molar-refractivity contribution in [2.75, 3.05) is 0 Å². The molecule has 0 aliphatic carbocycles. The number of aromatic amines is 1. The van der Waals surface area contributed by atoms with E-state index in [2.05, 4.69) is 4.98 Å². The number of pyridine rings is 1. The molecule has 0 saturated carbocycles. The largest absolute Gasteiger partial charge is 0.478 e. The molecule has 0 amide bonds. The smallest absolute Gasteiger partial charge is 0.422 e. The van der Waals surface area contributed by atoms with Crippen LogP contribution >= 0.6 is 23.2 Å². The molecule has 0 aliphatic rings. The molecule has 1 heterocycles. The summed E-state index contributed by atoms with van der Waals surface area (Å²) in [6.07, 6.45) is -4.32. The molecule has 0 aliphatic heterocycles. The van der Waals surface area contributed by atoms with Crippen LogP contribution in [0.4, 0.5) is 13.2 Å². The van der Waals surface area contributed by atoms with E-state index in [0.29, 0.717) is 0 Å². The Kier molecular flexibility index (Phi) is 7.02. The molecule has 3 N–H and O–H groups in total. The lowest BCUT2D eigenvalue weighted by atomic mass is 9.78. The number of nitrogens with one attached hydrogen (secondary N) is 1. The maximum absolute atomic E-state index is 14.2. The summed E-state index contributed by atoms with van der Waals surface area (Å²) >= 11 is 12.0. The normalized spacial score (nSPS) is 14.4. The van der Waals surface area contributed by atoms with Gasteiger partial charge in [0.05, 0.1) is 10.6 Å². The predicted molar refractivity (Wildman–Crippen MR) is 120 cm³/mol. The van der Waals surface area contributed by atoms with E-state index in [4.69, 9.17) is 27.9 Å². The number of aromatic carboxylic acids is 1. The minimum atomic E-state index is -5.14. The maximum atomic E-state index is 14.2. The number of H-pyrrole nitrogens is 1. The predicted octanol–water partition coefficient (Wildman–Crippen LogP) is 6.03. The van der Waals surface area contributed by atoms with Crippen LogP contribution in [-0.4, -0.2) is 27.3 Å². The molecule has 11 heteroatoms. The highest BCUT2D eigenvalue weighted by atomic mass is 35.5. The fourth-order valence-corrected chi connectivity index (χ4v) is 3.97. The summed E-state index contributed by atoms with van der Waals surface area (Å²) < 4.78 is 48.3. The van der Waals surface area contributed by atoms with E-state index in [-0.39, 0.29) is 38.2 Å². The van der Waals surface area contributed by atoms with Crippen molar-refractivity contribution >= 4 is 29.2 Å². The van der Waals surface area contributed by atoms with Gasteiger partial charge in [0.15, 0.2) is 5.60 Å². The fraction of sp³-hybridized carbons (Fsp3) is 0.217. The summed E-state index contributed by atoms with van der Waals surface area (Å²) in [5.41, 5.74) is -4.86. The number of alkyl halides is 3. The van der Waals surface area contributed by atoms with E-state index in [1.54, 1.807) is 0 Å².